The maximum atomic E-state index is 10.1. The smallest absolute Gasteiger partial charge is 0.117 e. The molecule has 1 aliphatic heterocycles. The number of thioether (sulfide) groups is 1. The number of hydrogen-bond donors (Lipinski definition) is 2. The van der Waals surface area contributed by atoms with Crippen molar-refractivity contribution in [3.8, 4) is 0 Å². The van der Waals surface area contributed by atoms with Gasteiger partial charge in [-0.1, -0.05) is 6.92 Å². The Morgan fingerprint density at radius 2 is 2.31 bits per heavy atom. The summed E-state index contributed by atoms with van der Waals surface area (Å²) in [6.07, 6.45) is 1.82. The van der Waals surface area contributed by atoms with E-state index in [9.17, 15) is 5.11 Å². The molecule has 1 aliphatic rings. The van der Waals surface area contributed by atoms with Crippen LogP contribution < -0.4 is 5.32 Å². The molecule has 1 aromatic heterocycles. The van der Waals surface area contributed by atoms with Gasteiger partial charge < -0.3 is 14.8 Å². The normalized spacial score (nSPS) is 25.1. The first-order chi connectivity index (χ1) is 7.72. The topological polar surface area (TPSA) is 45.4 Å². The summed E-state index contributed by atoms with van der Waals surface area (Å²) in [5, 5.41) is 13.4. The Bertz CT molecular complexity index is 332. The average Bonchev–Trinajstić information content (AvgIpc) is 2.88. The van der Waals surface area contributed by atoms with Gasteiger partial charge in [-0.15, -0.1) is 0 Å². The first kappa shape index (κ1) is 12.0. The molecule has 0 aliphatic carbocycles. The molecule has 0 radical (unpaired) electrons. The number of nitrogens with one attached hydrogen (secondary N) is 1. The fourth-order valence-corrected chi connectivity index (χ4v) is 3.16. The minimum Gasteiger partial charge on any atom is -0.465 e. The fraction of sp³-hybridized carbons (Fsp3) is 0.667. The van der Waals surface area contributed by atoms with Crippen molar-refractivity contribution in [2.75, 3.05) is 18.1 Å². The van der Waals surface area contributed by atoms with E-state index >= 15 is 0 Å². The van der Waals surface area contributed by atoms with Gasteiger partial charge in [0, 0.05) is 18.7 Å². The van der Waals surface area contributed by atoms with Gasteiger partial charge in [-0.05, 0) is 24.3 Å². The first-order valence-corrected chi connectivity index (χ1v) is 6.96. The van der Waals surface area contributed by atoms with Crippen LogP contribution in [0.25, 0.3) is 0 Å². The summed E-state index contributed by atoms with van der Waals surface area (Å²) in [5.74, 6) is 3.88. The third-order valence-electron chi connectivity index (χ3n) is 2.90. The maximum absolute atomic E-state index is 10.1. The van der Waals surface area contributed by atoms with Crippen LogP contribution in [0.1, 0.15) is 24.9 Å². The molecule has 90 valence electrons. The minimum atomic E-state index is -0.509. The van der Waals surface area contributed by atoms with Crippen LogP contribution in [0, 0.1) is 0 Å². The molecule has 2 heterocycles. The van der Waals surface area contributed by atoms with E-state index in [2.05, 4.69) is 12.2 Å². The molecule has 1 saturated heterocycles. The van der Waals surface area contributed by atoms with Gasteiger partial charge in [-0.2, -0.15) is 11.8 Å². The Morgan fingerprint density at radius 3 is 2.94 bits per heavy atom. The molecule has 1 unspecified atom stereocenters. The predicted molar refractivity (Wildman–Crippen MR) is 66.7 cm³/mol. The number of aryl methyl sites for hydroxylation is 1. The van der Waals surface area contributed by atoms with E-state index in [0.29, 0.717) is 13.1 Å². The van der Waals surface area contributed by atoms with Crippen molar-refractivity contribution in [1.29, 1.82) is 0 Å². The van der Waals surface area contributed by atoms with Crippen LogP contribution in [-0.2, 0) is 13.0 Å². The lowest BCUT2D eigenvalue weighted by molar-refractivity contribution is 0.0670. The first-order valence-electron chi connectivity index (χ1n) is 5.80. The van der Waals surface area contributed by atoms with Crippen molar-refractivity contribution in [2.24, 2.45) is 0 Å². The van der Waals surface area contributed by atoms with E-state index in [1.54, 1.807) is 0 Å². The summed E-state index contributed by atoms with van der Waals surface area (Å²) >= 11 is 1.82. The molecule has 0 bridgehead atoms. The molecular weight excluding hydrogens is 222 g/mol. The van der Waals surface area contributed by atoms with Gasteiger partial charge in [-0.3, -0.25) is 0 Å². The summed E-state index contributed by atoms with van der Waals surface area (Å²) in [7, 11) is 0. The minimum absolute atomic E-state index is 0.509. The van der Waals surface area contributed by atoms with Crippen LogP contribution >= 0.6 is 11.8 Å². The standard InChI is InChI=1S/C12H19NO2S/c1-2-10-3-4-11(15-10)7-13-8-12(14)5-6-16-9-12/h3-4,13-14H,2,5-9H2,1H3. The third kappa shape index (κ3) is 3.03. The van der Waals surface area contributed by atoms with E-state index in [4.69, 9.17) is 4.42 Å². The Morgan fingerprint density at radius 1 is 1.50 bits per heavy atom. The molecule has 16 heavy (non-hydrogen) atoms. The monoisotopic (exact) mass is 241 g/mol. The largest absolute Gasteiger partial charge is 0.465 e. The zero-order valence-electron chi connectivity index (χ0n) is 9.66. The summed E-state index contributed by atoms with van der Waals surface area (Å²) in [6.45, 7) is 3.43. The summed E-state index contributed by atoms with van der Waals surface area (Å²) in [4.78, 5) is 0. The Hall–Kier alpha value is -0.450. The number of rotatable bonds is 5. The van der Waals surface area contributed by atoms with Crippen molar-refractivity contribution < 1.29 is 9.52 Å². The number of hydrogen-bond acceptors (Lipinski definition) is 4. The zero-order chi connectivity index (χ0) is 11.4. The van der Waals surface area contributed by atoms with Crippen molar-refractivity contribution in [3.63, 3.8) is 0 Å². The van der Waals surface area contributed by atoms with Gasteiger partial charge in [0.15, 0.2) is 0 Å². The Kier molecular flexibility index (Phi) is 3.95. The van der Waals surface area contributed by atoms with Crippen LogP contribution in [0.4, 0.5) is 0 Å². The second-order valence-electron chi connectivity index (χ2n) is 4.35. The van der Waals surface area contributed by atoms with Gasteiger partial charge in [0.25, 0.3) is 0 Å². The van der Waals surface area contributed by atoms with Crippen LogP contribution in [0.5, 0.6) is 0 Å². The van der Waals surface area contributed by atoms with Crippen LogP contribution in [0.3, 0.4) is 0 Å². The molecule has 4 heteroatoms. The number of aliphatic hydroxyl groups is 1. The summed E-state index contributed by atoms with van der Waals surface area (Å²) in [6, 6.07) is 4.01. The molecule has 0 amide bonds. The molecule has 1 atom stereocenters. The summed E-state index contributed by atoms with van der Waals surface area (Å²) in [5.41, 5.74) is -0.509. The SMILES string of the molecule is CCc1ccc(CNCC2(O)CCSC2)o1. The predicted octanol–water partition coefficient (Wildman–Crippen LogP) is 1.80. The van der Waals surface area contributed by atoms with E-state index in [1.807, 2.05) is 23.9 Å². The van der Waals surface area contributed by atoms with Gasteiger partial charge >= 0.3 is 0 Å². The highest BCUT2D eigenvalue weighted by Gasteiger charge is 2.30. The van der Waals surface area contributed by atoms with E-state index in [1.165, 1.54) is 0 Å². The van der Waals surface area contributed by atoms with E-state index < -0.39 is 5.60 Å². The van der Waals surface area contributed by atoms with Crippen molar-refractivity contribution in [2.45, 2.75) is 31.9 Å². The van der Waals surface area contributed by atoms with Gasteiger partial charge in [0.05, 0.1) is 12.1 Å². The third-order valence-corrected chi connectivity index (χ3v) is 4.14. The van der Waals surface area contributed by atoms with Crippen molar-refractivity contribution in [1.82, 2.24) is 5.32 Å². The van der Waals surface area contributed by atoms with Crippen LogP contribution in [-0.4, -0.2) is 28.8 Å². The van der Waals surface area contributed by atoms with Crippen molar-refractivity contribution >= 4 is 11.8 Å². The Balaban J connectivity index is 1.75. The highest BCUT2D eigenvalue weighted by molar-refractivity contribution is 7.99. The summed E-state index contributed by atoms with van der Waals surface area (Å²) < 4.78 is 5.58. The van der Waals surface area contributed by atoms with Crippen LogP contribution in [0.2, 0.25) is 0 Å². The van der Waals surface area contributed by atoms with Crippen molar-refractivity contribution in [3.05, 3.63) is 23.7 Å². The van der Waals surface area contributed by atoms with Gasteiger partial charge in [-0.25, -0.2) is 0 Å². The molecule has 0 spiro atoms. The van der Waals surface area contributed by atoms with Gasteiger partial charge in [0.2, 0.25) is 0 Å². The quantitative estimate of drug-likeness (QED) is 0.825. The highest BCUT2D eigenvalue weighted by Crippen LogP contribution is 2.27. The molecule has 0 saturated carbocycles. The van der Waals surface area contributed by atoms with E-state index in [0.717, 1.165) is 35.9 Å². The number of furan rings is 1. The molecule has 1 aromatic rings. The molecule has 2 rings (SSSR count). The Labute approximate surface area is 101 Å². The van der Waals surface area contributed by atoms with E-state index in [-0.39, 0.29) is 0 Å². The fourth-order valence-electron chi connectivity index (χ4n) is 1.86. The lowest BCUT2D eigenvalue weighted by Gasteiger charge is -2.21. The molecule has 2 N–H and O–H groups in total. The lowest BCUT2D eigenvalue weighted by Crippen LogP contribution is -2.40. The average molecular weight is 241 g/mol. The maximum Gasteiger partial charge on any atom is 0.117 e. The molecular formula is C12H19NO2S. The zero-order valence-corrected chi connectivity index (χ0v) is 10.5. The second-order valence-corrected chi connectivity index (χ2v) is 5.46. The molecule has 0 aromatic carbocycles. The molecule has 1 fully saturated rings. The highest BCUT2D eigenvalue weighted by atomic mass is 32.2. The molecule has 3 nitrogen and oxygen atoms in total. The lowest BCUT2D eigenvalue weighted by atomic mass is 10.0. The second kappa shape index (κ2) is 5.25. The van der Waals surface area contributed by atoms with Crippen LogP contribution in [0.15, 0.2) is 16.5 Å². The van der Waals surface area contributed by atoms with Gasteiger partial charge in [0.1, 0.15) is 11.5 Å².